The molecular weight excluding hydrogens is 327 g/mol. The third-order valence-electron chi connectivity index (χ3n) is 2.42. The molecule has 18 heavy (non-hydrogen) atoms. The number of aliphatic hydroxyl groups is 1. The highest BCUT2D eigenvalue weighted by Gasteiger charge is 2.21. The number of aliphatic hydroxyl groups excluding tert-OH is 1. The number of benzene rings is 1. The van der Waals surface area contributed by atoms with Crippen molar-refractivity contribution in [1.29, 1.82) is 0 Å². The van der Waals surface area contributed by atoms with E-state index in [9.17, 15) is 13.9 Å². The molecule has 0 fully saturated rings. The average Bonchev–Trinajstić information content (AvgIpc) is 2.34. The van der Waals surface area contributed by atoms with Gasteiger partial charge in [0.15, 0.2) is 0 Å². The van der Waals surface area contributed by atoms with E-state index in [4.69, 9.17) is 11.6 Å². The van der Waals surface area contributed by atoms with E-state index >= 15 is 0 Å². The largest absolute Gasteiger partial charge is 0.383 e. The van der Waals surface area contributed by atoms with Crippen LogP contribution in [0, 0.1) is 11.6 Å². The highest BCUT2D eigenvalue weighted by atomic mass is 79.9. The molecule has 2 rings (SSSR count). The Kier molecular flexibility index (Phi) is 3.94. The van der Waals surface area contributed by atoms with Gasteiger partial charge in [0.25, 0.3) is 0 Å². The molecule has 1 aromatic carbocycles. The number of hydrogen-bond donors (Lipinski definition) is 1. The number of aromatic nitrogens is 1. The molecule has 94 valence electrons. The van der Waals surface area contributed by atoms with Gasteiger partial charge in [0, 0.05) is 6.20 Å². The van der Waals surface area contributed by atoms with Crippen LogP contribution in [0.1, 0.15) is 17.2 Å². The minimum absolute atomic E-state index is 0.0816. The van der Waals surface area contributed by atoms with Crippen LogP contribution in [-0.4, -0.2) is 10.1 Å². The van der Waals surface area contributed by atoms with E-state index in [-0.39, 0.29) is 15.2 Å². The maximum Gasteiger partial charge on any atom is 0.146 e. The summed E-state index contributed by atoms with van der Waals surface area (Å²) in [7, 11) is 0. The van der Waals surface area contributed by atoms with Gasteiger partial charge in [-0.3, -0.25) is 0 Å². The van der Waals surface area contributed by atoms with Gasteiger partial charge in [-0.1, -0.05) is 11.6 Å². The van der Waals surface area contributed by atoms with E-state index < -0.39 is 23.3 Å². The second-order valence-corrected chi connectivity index (χ2v) is 4.81. The lowest BCUT2D eigenvalue weighted by molar-refractivity contribution is 0.208. The van der Waals surface area contributed by atoms with Crippen molar-refractivity contribution < 1.29 is 13.9 Å². The van der Waals surface area contributed by atoms with Crippen LogP contribution in [0.25, 0.3) is 0 Å². The van der Waals surface area contributed by atoms with Gasteiger partial charge in [0.2, 0.25) is 0 Å². The predicted octanol–water partition coefficient (Wildman–Crippen LogP) is 3.86. The molecule has 0 saturated carbocycles. The first-order chi connectivity index (χ1) is 8.50. The molecule has 0 aliphatic rings. The Labute approximate surface area is 115 Å². The number of halogens is 4. The highest BCUT2D eigenvalue weighted by Crippen LogP contribution is 2.31. The number of hydrogen-bond acceptors (Lipinski definition) is 2. The fraction of sp³-hybridized carbons (Fsp3) is 0.0833. The first-order valence-corrected chi connectivity index (χ1v) is 6.10. The molecule has 0 saturated heterocycles. The summed E-state index contributed by atoms with van der Waals surface area (Å²) >= 11 is 8.61. The van der Waals surface area contributed by atoms with Crippen LogP contribution in [0.5, 0.6) is 0 Å². The summed E-state index contributed by atoms with van der Waals surface area (Å²) in [5.74, 6) is -1.66. The fourth-order valence-electron chi connectivity index (χ4n) is 1.55. The van der Waals surface area contributed by atoms with Crippen LogP contribution in [0.3, 0.4) is 0 Å². The second-order valence-electron chi connectivity index (χ2n) is 3.57. The molecule has 1 heterocycles. The number of rotatable bonds is 2. The average molecular weight is 335 g/mol. The molecule has 0 aliphatic heterocycles. The van der Waals surface area contributed by atoms with E-state index in [0.717, 1.165) is 6.07 Å². The molecule has 1 aromatic heterocycles. The molecular formula is C12H7BrClF2NO. The Morgan fingerprint density at radius 3 is 2.67 bits per heavy atom. The van der Waals surface area contributed by atoms with Crippen molar-refractivity contribution in [3.05, 3.63) is 62.8 Å². The van der Waals surface area contributed by atoms with Gasteiger partial charge in [-0.2, -0.15) is 0 Å². The van der Waals surface area contributed by atoms with Gasteiger partial charge in [0.1, 0.15) is 22.9 Å². The zero-order valence-electron chi connectivity index (χ0n) is 8.87. The predicted molar refractivity (Wildman–Crippen MR) is 67.4 cm³/mol. The third kappa shape index (κ3) is 2.53. The van der Waals surface area contributed by atoms with Crippen LogP contribution in [0.2, 0.25) is 5.15 Å². The molecule has 0 aliphatic carbocycles. The lowest BCUT2D eigenvalue weighted by Gasteiger charge is -2.14. The first kappa shape index (κ1) is 13.4. The fourth-order valence-corrected chi connectivity index (χ4v) is 2.08. The Morgan fingerprint density at radius 2 is 2.00 bits per heavy atom. The van der Waals surface area contributed by atoms with Crippen LogP contribution in [0.4, 0.5) is 8.78 Å². The topological polar surface area (TPSA) is 33.1 Å². The van der Waals surface area contributed by atoms with Crippen LogP contribution >= 0.6 is 27.5 Å². The van der Waals surface area contributed by atoms with Crippen molar-refractivity contribution >= 4 is 27.5 Å². The molecule has 6 heteroatoms. The molecule has 1 atom stereocenters. The summed E-state index contributed by atoms with van der Waals surface area (Å²) in [5.41, 5.74) is -0.155. The SMILES string of the molecule is OC(c1ccnc(Cl)c1)c1c(F)ccc(Br)c1F. The molecule has 0 bridgehead atoms. The minimum Gasteiger partial charge on any atom is -0.383 e. The Morgan fingerprint density at radius 1 is 1.28 bits per heavy atom. The first-order valence-electron chi connectivity index (χ1n) is 4.93. The summed E-state index contributed by atoms with van der Waals surface area (Å²) in [5, 5.41) is 10.2. The van der Waals surface area contributed by atoms with Gasteiger partial charge in [-0.25, -0.2) is 13.8 Å². The second kappa shape index (κ2) is 5.30. The summed E-state index contributed by atoms with van der Waals surface area (Å²) in [4.78, 5) is 3.74. The van der Waals surface area contributed by atoms with Crippen molar-refractivity contribution in [2.45, 2.75) is 6.10 Å². The van der Waals surface area contributed by atoms with E-state index in [1.54, 1.807) is 0 Å². The van der Waals surface area contributed by atoms with Gasteiger partial charge in [0.05, 0.1) is 10.0 Å². The lowest BCUT2D eigenvalue weighted by Crippen LogP contribution is -2.06. The summed E-state index contributed by atoms with van der Waals surface area (Å²) in [6.07, 6.45) is -0.0858. The molecule has 1 unspecified atom stereocenters. The van der Waals surface area contributed by atoms with Gasteiger partial charge >= 0.3 is 0 Å². The lowest BCUT2D eigenvalue weighted by atomic mass is 10.0. The van der Waals surface area contributed by atoms with Crippen molar-refractivity contribution in [2.24, 2.45) is 0 Å². The van der Waals surface area contributed by atoms with Crippen molar-refractivity contribution in [2.75, 3.05) is 0 Å². The highest BCUT2D eigenvalue weighted by molar-refractivity contribution is 9.10. The van der Waals surface area contributed by atoms with E-state index in [0.29, 0.717) is 0 Å². The van der Waals surface area contributed by atoms with E-state index in [1.807, 2.05) is 0 Å². The molecule has 0 amide bonds. The maximum atomic E-state index is 13.8. The zero-order chi connectivity index (χ0) is 13.3. The number of nitrogens with zero attached hydrogens (tertiary/aromatic N) is 1. The van der Waals surface area contributed by atoms with Crippen molar-refractivity contribution in [3.63, 3.8) is 0 Å². The zero-order valence-corrected chi connectivity index (χ0v) is 11.2. The number of pyridine rings is 1. The van der Waals surface area contributed by atoms with Gasteiger partial charge in [-0.05, 0) is 45.8 Å². The van der Waals surface area contributed by atoms with Gasteiger partial charge in [-0.15, -0.1) is 0 Å². The van der Waals surface area contributed by atoms with Crippen molar-refractivity contribution in [1.82, 2.24) is 4.98 Å². The molecule has 2 aromatic rings. The van der Waals surface area contributed by atoms with Crippen LogP contribution in [-0.2, 0) is 0 Å². The normalized spacial score (nSPS) is 12.5. The standard InChI is InChI=1S/C12H7BrClF2NO/c13-7-1-2-8(15)10(11(7)16)12(18)6-3-4-17-9(14)5-6/h1-5,12,18H. The van der Waals surface area contributed by atoms with Crippen LogP contribution in [0.15, 0.2) is 34.9 Å². The van der Waals surface area contributed by atoms with Crippen molar-refractivity contribution in [3.8, 4) is 0 Å². The smallest absolute Gasteiger partial charge is 0.146 e. The third-order valence-corrected chi connectivity index (χ3v) is 3.24. The molecule has 1 N–H and O–H groups in total. The quantitative estimate of drug-likeness (QED) is 0.668. The monoisotopic (exact) mass is 333 g/mol. The Balaban J connectivity index is 2.52. The van der Waals surface area contributed by atoms with E-state index in [2.05, 4.69) is 20.9 Å². The maximum absolute atomic E-state index is 13.8. The summed E-state index contributed by atoms with van der Waals surface area (Å²) < 4.78 is 27.5. The van der Waals surface area contributed by atoms with E-state index in [1.165, 1.54) is 24.4 Å². The summed E-state index contributed by atoms with van der Waals surface area (Å²) in [6, 6.07) is 5.11. The molecule has 2 nitrogen and oxygen atoms in total. The molecule has 0 radical (unpaired) electrons. The van der Waals surface area contributed by atoms with Gasteiger partial charge < -0.3 is 5.11 Å². The van der Waals surface area contributed by atoms with Crippen LogP contribution < -0.4 is 0 Å². The Bertz CT molecular complexity index is 594. The summed E-state index contributed by atoms with van der Waals surface area (Å²) in [6.45, 7) is 0. The minimum atomic E-state index is -1.44. The Hall–Kier alpha value is -1.04. The molecule has 0 spiro atoms.